The summed E-state index contributed by atoms with van der Waals surface area (Å²) in [5.41, 5.74) is 0. The third-order valence-corrected chi connectivity index (χ3v) is 14.1. The summed E-state index contributed by atoms with van der Waals surface area (Å²) in [6.45, 7) is 8.17. The second-order valence-electron chi connectivity index (χ2n) is 16.0. The highest BCUT2D eigenvalue weighted by atomic mass is 28.4. The molecule has 0 aliphatic carbocycles. The molecule has 0 saturated heterocycles. The smallest absolute Gasteiger partial charge is 0.481 e. The van der Waals surface area contributed by atoms with Crippen molar-refractivity contribution in [3.8, 4) is 0 Å². The fourth-order valence-electron chi connectivity index (χ4n) is 7.81. The van der Waals surface area contributed by atoms with Crippen LogP contribution in [-0.2, 0) is 18.1 Å². The van der Waals surface area contributed by atoms with Gasteiger partial charge in [-0.2, -0.15) is 0 Å². The Morgan fingerprint density at radius 3 is 0.673 bits per heavy atom. The molecule has 0 aromatic carbocycles. The SMILES string of the molecule is CCO[Si](CCCCCCCCCCCCCCCCCCCCCCCCCCCCCCCCCCCCCCCC(=O)O)(OCC)OCC. The second-order valence-corrected chi connectivity index (χ2v) is 18.7. The van der Waals surface area contributed by atoms with Crippen molar-refractivity contribution in [3.63, 3.8) is 0 Å². The lowest BCUT2D eigenvalue weighted by molar-refractivity contribution is -0.137. The molecule has 0 atom stereocenters. The average molecular weight is 755 g/mol. The Morgan fingerprint density at radius 2 is 0.500 bits per heavy atom. The van der Waals surface area contributed by atoms with E-state index in [4.69, 9.17) is 18.4 Å². The molecule has 0 fully saturated rings. The zero-order valence-electron chi connectivity index (χ0n) is 35.8. The molecule has 0 saturated carbocycles. The second kappa shape index (κ2) is 43.3. The van der Waals surface area contributed by atoms with E-state index in [-0.39, 0.29) is 0 Å². The summed E-state index contributed by atoms with van der Waals surface area (Å²) in [7, 11) is -2.43. The summed E-state index contributed by atoms with van der Waals surface area (Å²) in [5, 5.41) is 8.66. The largest absolute Gasteiger partial charge is 0.500 e. The molecule has 1 N–H and O–H groups in total. The molecule has 0 heterocycles. The summed E-state index contributed by atoms with van der Waals surface area (Å²) in [5.74, 6) is -0.649. The van der Waals surface area contributed by atoms with E-state index in [1.54, 1.807) is 0 Å². The minimum Gasteiger partial charge on any atom is -0.481 e. The van der Waals surface area contributed by atoms with E-state index in [0.29, 0.717) is 26.2 Å². The lowest BCUT2D eigenvalue weighted by Crippen LogP contribution is -2.45. The van der Waals surface area contributed by atoms with Crippen LogP contribution in [-0.4, -0.2) is 39.7 Å². The van der Waals surface area contributed by atoms with Crippen LogP contribution in [0.4, 0.5) is 0 Å². The number of carboxylic acid groups (broad SMARTS) is 1. The Kier molecular flexibility index (Phi) is 42.9. The maximum atomic E-state index is 10.5. The summed E-state index contributed by atoms with van der Waals surface area (Å²) in [4.78, 5) is 10.5. The Hall–Kier alpha value is -0.433. The van der Waals surface area contributed by atoms with Crippen molar-refractivity contribution >= 4 is 14.8 Å². The number of hydrogen-bond donors (Lipinski definition) is 1. The van der Waals surface area contributed by atoms with Gasteiger partial charge in [0.05, 0.1) is 0 Å². The van der Waals surface area contributed by atoms with Gasteiger partial charge < -0.3 is 18.4 Å². The van der Waals surface area contributed by atoms with E-state index in [0.717, 1.165) is 18.9 Å². The predicted octanol–water partition coefficient (Wildman–Crippen LogP) is 15.9. The van der Waals surface area contributed by atoms with E-state index in [9.17, 15) is 4.79 Å². The van der Waals surface area contributed by atoms with Crippen LogP contribution in [0, 0.1) is 0 Å². The number of aliphatic carboxylic acids is 1. The van der Waals surface area contributed by atoms with Crippen LogP contribution in [0.25, 0.3) is 0 Å². The Morgan fingerprint density at radius 1 is 0.327 bits per heavy atom. The highest BCUT2D eigenvalue weighted by molar-refractivity contribution is 6.60. The predicted molar refractivity (Wildman–Crippen MR) is 229 cm³/mol. The van der Waals surface area contributed by atoms with Crippen molar-refractivity contribution in [1.29, 1.82) is 0 Å². The highest BCUT2D eigenvalue weighted by Gasteiger charge is 2.39. The molecule has 0 amide bonds. The van der Waals surface area contributed by atoms with Gasteiger partial charge in [-0.05, 0) is 33.6 Å². The number of hydrogen-bond acceptors (Lipinski definition) is 4. The molecule has 312 valence electrons. The highest BCUT2D eigenvalue weighted by Crippen LogP contribution is 2.22. The number of rotatable bonds is 46. The van der Waals surface area contributed by atoms with Gasteiger partial charge in [-0.1, -0.05) is 225 Å². The van der Waals surface area contributed by atoms with Gasteiger partial charge in [0.15, 0.2) is 0 Å². The summed E-state index contributed by atoms with van der Waals surface area (Å²) in [6.07, 6.45) is 51.7. The summed E-state index contributed by atoms with van der Waals surface area (Å²) >= 11 is 0. The lowest BCUT2D eigenvalue weighted by Gasteiger charge is -2.28. The first-order valence-corrected chi connectivity index (χ1v) is 25.7. The van der Waals surface area contributed by atoms with E-state index in [1.165, 1.54) is 225 Å². The van der Waals surface area contributed by atoms with Crippen molar-refractivity contribution in [3.05, 3.63) is 0 Å². The molecule has 0 rings (SSSR count). The average Bonchev–Trinajstić information content (AvgIpc) is 3.13. The fourth-order valence-corrected chi connectivity index (χ4v) is 10.5. The zero-order chi connectivity index (χ0) is 37.9. The van der Waals surface area contributed by atoms with Crippen LogP contribution in [0.1, 0.15) is 265 Å². The van der Waals surface area contributed by atoms with Gasteiger partial charge in [0.25, 0.3) is 0 Å². The quantitative estimate of drug-likeness (QED) is 0.0495. The summed E-state index contributed by atoms with van der Waals surface area (Å²) in [6, 6.07) is 0.969. The van der Waals surface area contributed by atoms with Crippen molar-refractivity contribution in [1.82, 2.24) is 0 Å². The van der Waals surface area contributed by atoms with Crippen molar-refractivity contribution in [2.24, 2.45) is 0 Å². The number of carbonyl (C=O) groups is 1. The first kappa shape index (κ1) is 51.6. The van der Waals surface area contributed by atoms with E-state index < -0.39 is 14.8 Å². The van der Waals surface area contributed by atoms with Crippen LogP contribution in [0.2, 0.25) is 6.04 Å². The first-order valence-electron chi connectivity index (χ1n) is 23.7. The van der Waals surface area contributed by atoms with Crippen LogP contribution in [0.3, 0.4) is 0 Å². The monoisotopic (exact) mass is 755 g/mol. The first-order chi connectivity index (χ1) is 25.6. The van der Waals surface area contributed by atoms with Crippen molar-refractivity contribution < 1.29 is 23.2 Å². The van der Waals surface area contributed by atoms with Gasteiger partial charge in [0, 0.05) is 32.3 Å². The van der Waals surface area contributed by atoms with Crippen LogP contribution in [0.5, 0.6) is 0 Å². The third-order valence-electron chi connectivity index (χ3n) is 11.0. The topological polar surface area (TPSA) is 65.0 Å². The fraction of sp³-hybridized carbons (Fsp3) is 0.978. The Bertz CT molecular complexity index is 673. The molecule has 0 radical (unpaired) electrons. The van der Waals surface area contributed by atoms with Gasteiger partial charge in [-0.3, -0.25) is 4.79 Å². The molecule has 0 aromatic rings. The molecule has 0 spiro atoms. The number of carboxylic acids is 1. The van der Waals surface area contributed by atoms with Crippen molar-refractivity contribution in [2.75, 3.05) is 19.8 Å². The normalized spacial score (nSPS) is 11.9. The molecule has 5 nitrogen and oxygen atoms in total. The molecule has 0 aliphatic heterocycles. The zero-order valence-corrected chi connectivity index (χ0v) is 36.8. The molecule has 6 heteroatoms. The summed E-state index contributed by atoms with van der Waals surface area (Å²) < 4.78 is 17.9. The van der Waals surface area contributed by atoms with E-state index >= 15 is 0 Å². The third kappa shape index (κ3) is 39.3. The van der Waals surface area contributed by atoms with Gasteiger partial charge >= 0.3 is 14.8 Å². The molecule has 52 heavy (non-hydrogen) atoms. The molecular formula is C46H94O5Si. The van der Waals surface area contributed by atoms with Gasteiger partial charge in [-0.15, -0.1) is 0 Å². The maximum Gasteiger partial charge on any atom is 0.500 e. The standard InChI is InChI=1S/C46H94O5Si/c1-4-49-52(50-5-2,51-6-3)45-43-41-39-37-35-33-31-29-27-25-23-21-19-17-15-13-11-9-7-8-10-12-14-16-18-20-22-24-26-28-30-32-34-36-38-40-42-44-46(47)48/h4-45H2,1-3H3,(H,47,48). The molecule has 0 unspecified atom stereocenters. The molecule has 0 aromatic heterocycles. The number of unbranched alkanes of at least 4 members (excludes halogenated alkanes) is 36. The van der Waals surface area contributed by atoms with Gasteiger partial charge in [0.2, 0.25) is 0 Å². The maximum absolute atomic E-state index is 10.5. The van der Waals surface area contributed by atoms with E-state index in [1.807, 2.05) is 20.8 Å². The van der Waals surface area contributed by atoms with Crippen LogP contribution >= 0.6 is 0 Å². The molecule has 0 bridgehead atoms. The van der Waals surface area contributed by atoms with Crippen LogP contribution < -0.4 is 0 Å². The van der Waals surface area contributed by atoms with Gasteiger partial charge in [-0.25, -0.2) is 0 Å². The lowest BCUT2D eigenvalue weighted by atomic mass is 10.0. The van der Waals surface area contributed by atoms with Crippen molar-refractivity contribution in [2.45, 2.75) is 271 Å². The van der Waals surface area contributed by atoms with Crippen LogP contribution in [0.15, 0.2) is 0 Å². The minimum absolute atomic E-state index is 0.343. The molecular weight excluding hydrogens is 661 g/mol. The van der Waals surface area contributed by atoms with E-state index in [2.05, 4.69) is 0 Å². The Balaban J connectivity index is 3.20. The minimum atomic E-state index is -2.43. The molecule has 0 aliphatic rings. The van der Waals surface area contributed by atoms with Gasteiger partial charge in [0.1, 0.15) is 0 Å². The Labute approximate surface area is 327 Å².